The molecule has 4 nitrogen and oxygen atoms in total. The van der Waals surface area contributed by atoms with Gasteiger partial charge in [-0.15, -0.1) is 0 Å². The molecule has 2 atom stereocenters. The average Bonchev–Trinajstić information content (AvgIpc) is 2.59. The Balaban J connectivity index is 2.14. The molecule has 0 aliphatic heterocycles. The minimum absolute atomic E-state index is 0.310. The number of hydrogen-bond acceptors (Lipinski definition) is 4. The highest BCUT2D eigenvalue weighted by Crippen LogP contribution is 2.30. The number of alkyl halides is 1. The first-order chi connectivity index (χ1) is 11.8. The number of benzene rings is 2. The summed E-state index contributed by atoms with van der Waals surface area (Å²) < 4.78 is 11.1. The number of carbonyl (C=O) groups is 1. The van der Waals surface area contributed by atoms with Crippen molar-refractivity contribution in [1.29, 1.82) is 5.26 Å². The molecule has 0 saturated heterocycles. The van der Waals surface area contributed by atoms with E-state index in [1.54, 1.807) is 24.3 Å². The third kappa shape index (κ3) is 5.33. The van der Waals surface area contributed by atoms with E-state index in [4.69, 9.17) is 9.47 Å². The van der Waals surface area contributed by atoms with E-state index in [1.807, 2.05) is 57.2 Å². The summed E-state index contributed by atoms with van der Waals surface area (Å²) in [6.07, 6.45) is -0.991. The van der Waals surface area contributed by atoms with Gasteiger partial charge in [-0.1, -0.05) is 67.0 Å². The number of nitriles is 1. The number of carbonyl (C=O) groups excluding carboxylic acids is 1. The zero-order valence-corrected chi connectivity index (χ0v) is 16.0. The number of rotatable bonds is 5. The fraction of sp³-hybridized carbons (Fsp3) is 0.300. The second-order valence-electron chi connectivity index (χ2n) is 6.66. The van der Waals surface area contributed by atoms with Crippen LogP contribution in [0.1, 0.15) is 32.4 Å². The highest BCUT2D eigenvalue weighted by molar-refractivity contribution is 9.10. The number of hydrogen-bond donors (Lipinski definition) is 0. The first kappa shape index (κ1) is 19.0. The van der Waals surface area contributed by atoms with E-state index in [9.17, 15) is 10.1 Å². The van der Waals surface area contributed by atoms with E-state index in [0.29, 0.717) is 17.1 Å². The molecule has 0 radical (unpaired) electrons. The van der Waals surface area contributed by atoms with E-state index in [-0.39, 0.29) is 5.41 Å². The summed E-state index contributed by atoms with van der Waals surface area (Å²) in [4.78, 5) is 11.8. The summed E-state index contributed by atoms with van der Waals surface area (Å²) in [6.45, 7) is 5.76. The lowest BCUT2D eigenvalue weighted by Gasteiger charge is -2.24. The highest BCUT2D eigenvalue weighted by atomic mass is 79.9. The molecule has 0 amide bonds. The van der Waals surface area contributed by atoms with Crippen molar-refractivity contribution in [1.82, 2.24) is 0 Å². The van der Waals surface area contributed by atoms with Crippen molar-refractivity contribution < 1.29 is 14.3 Å². The van der Waals surface area contributed by atoms with Crippen LogP contribution in [0.15, 0.2) is 54.6 Å². The third-order valence-electron chi connectivity index (χ3n) is 3.46. The van der Waals surface area contributed by atoms with Crippen LogP contribution >= 0.6 is 15.9 Å². The van der Waals surface area contributed by atoms with Gasteiger partial charge in [-0.05, 0) is 29.7 Å². The molecule has 2 unspecified atom stereocenters. The van der Waals surface area contributed by atoms with Crippen molar-refractivity contribution in [2.75, 3.05) is 0 Å². The summed E-state index contributed by atoms with van der Waals surface area (Å²) in [7, 11) is 0. The van der Waals surface area contributed by atoms with Gasteiger partial charge in [0, 0.05) is 5.56 Å². The summed E-state index contributed by atoms with van der Waals surface area (Å²) in [6, 6.07) is 18.4. The molecule has 2 aromatic rings. The van der Waals surface area contributed by atoms with Gasteiger partial charge in [0.15, 0.2) is 0 Å². The molecule has 0 aliphatic carbocycles. The maximum Gasteiger partial charge on any atom is 0.321 e. The molecule has 0 N–H and O–H groups in total. The Morgan fingerprint density at radius 2 is 1.72 bits per heavy atom. The Hall–Kier alpha value is -2.32. The number of nitrogens with zero attached hydrogens (tertiary/aromatic N) is 1. The van der Waals surface area contributed by atoms with E-state index in [1.165, 1.54) is 0 Å². The Morgan fingerprint density at radius 3 is 2.32 bits per heavy atom. The topological polar surface area (TPSA) is 59.3 Å². The van der Waals surface area contributed by atoms with Crippen molar-refractivity contribution in [2.45, 2.75) is 31.7 Å². The Bertz CT molecular complexity index is 763. The van der Waals surface area contributed by atoms with E-state index < -0.39 is 16.9 Å². The quantitative estimate of drug-likeness (QED) is 0.497. The van der Waals surface area contributed by atoms with Gasteiger partial charge in [0.05, 0.1) is 0 Å². The third-order valence-corrected chi connectivity index (χ3v) is 5.21. The molecule has 2 aromatic carbocycles. The molecule has 0 fully saturated rings. The molecule has 5 heteroatoms. The second kappa shape index (κ2) is 8.17. The summed E-state index contributed by atoms with van der Waals surface area (Å²) >= 11 is 3.34. The molecule has 0 bridgehead atoms. The van der Waals surface area contributed by atoms with Crippen LogP contribution in [-0.2, 0) is 9.53 Å². The molecule has 0 heterocycles. The maximum absolute atomic E-state index is 12.3. The highest BCUT2D eigenvalue weighted by Gasteiger charge is 2.32. The maximum atomic E-state index is 12.3. The number of para-hydroxylation sites is 1. The van der Waals surface area contributed by atoms with Crippen molar-refractivity contribution in [2.24, 2.45) is 5.41 Å². The smallest absolute Gasteiger partial charge is 0.321 e. The van der Waals surface area contributed by atoms with Crippen LogP contribution in [0.2, 0.25) is 0 Å². The van der Waals surface area contributed by atoms with Crippen LogP contribution in [0.4, 0.5) is 0 Å². The fourth-order valence-electron chi connectivity index (χ4n) is 2.06. The minimum Gasteiger partial charge on any atom is -0.457 e. The van der Waals surface area contributed by atoms with Gasteiger partial charge in [0.25, 0.3) is 0 Å². The van der Waals surface area contributed by atoms with Gasteiger partial charge in [-0.2, -0.15) is 5.26 Å². The Labute approximate surface area is 156 Å². The lowest BCUT2D eigenvalue weighted by atomic mass is 9.92. The first-order valence-electron chi connectivity index (χ1n) is 7.88. The fourth-order valence-corrected chi connectivity index (χ4v) is 2.17. The zero-order valence-electron chi connectivity index (χ0n) is 14.4. The molecular formula is C20H20BrNO3. The lowest BCUT2D eigenvalue weighted by Crippen LogP contribution is -2.31. The van der Waals surface area contributed by atoms with Gasteiger partial charge in [0.1, 0.15) is 22.4 Å². The number of halogens is 1. The second-order valence-corrected chi connectivity index (χ2v) is 7.58. The van der Waals surface area contributed by atoms with Crippen molar-refractivity contribution in [3.8, 4) is 17.6 Å². The molecule has 2 rings (SSSR count). The molecule has 0 aliphatic rings. The molecule has 0 saturated carbocycles. The van der Waals surface area contributed by atoms with Crippen LogP contribution in [0.5, 0.6) is 11.5 Å². The van der Waals surface area contributed by atoms with Crippen LogP contribution in [0.25, 0.3) is 0 Å². The SMILES string of the molecule is CC(C)(C)C(Br)C(=O)OC(C#N)c1cccc(Oc2ccccc2)c1. The average molecular weight is 402 g/mol. The van der Waals surface area contributed by atoms with Crippen LogP contribution in [0, 0.1) is 16.7 Å². The lowest BCUT2D eigenvalue weighted by molar-refractivity contribution is -0.147. The molecule has 130 valence electrons. The molecule has 25 heavy (non-hydrogen) atoms. The van der Waals surface area contributed by atoms with Crippen LogP contribution < -0.4 is 4.74 Å². The first-order valence-corrected chi connectivity index (χ1v) is 8.80. The molecule has 0 aromatic heterocycles. The van der Waals surface area contributed by atoms with Crippen LogP contribution in [-0.4, -0.2) is 10.8 Å². The molecular weight excluding hydrogens is 382 g/mol. The van der Waals surface area contributed by atoms with Crippen molar-refractivity contribution >= 4 is 21.9 Å². The zero-order chi connectivity index (χ0) is 18.4. The predicted molar refractivity (Wildman–Crippen MR) is 99.6 cm³/mol. The van der Waals surface area contributed by atoms with Crippen molar-refractivity contribution in [3.63, 3.8) is 0 Å². The van der Waals surface area contributed by atoms with Gasteiger partial charge >= 0.3 is 5.97 Å². The van der Waals surface area contributed by atoms with E-state index in [0.717, 1.165) is 0 Å². The van der Waals surface area contributed by atoms with E-state index >= 15 is 0 Å². The number of ether oxygens (including phenoxy) is 2. The normalized spacial score (nSPS) is 13.4. The predicted octanol–water partition coefficient (Wildman–Crippen LogP) is 5.40. The number of esters is 1. The Morgan fingerprint density at radius 1 is 1.08 bits per heavy atom. The summed E-state index contributed by atoms with van der Waals surface area (Å²) in [5, 5.41) is 9.41. The summed E-state index contributed by atoms with van der Waals surface area (Å²) in [5.74, 6) is 0.804. The van der Waals surface area contributed by atoms with Gasteiger partial charge < -0.3 is 9.47 Å². The largest absolute Gasteiger partial charge is 0.457 e. The van der Waals surface area contributed by atoms with Gasteiger partial charge in [-0.25, -0.2) is 0 Å². The monoisotopic (exact) mass is 401 g/mol. The summed E-state index contributed by atoms with van der Waals surface area (Å²) in [5.41, 5.74) is 0.257. The van der Waals surface area contributed by atoms with Gasteiger partial charge in [-0.3, -0.25) is 4.79 Å². The van der Waals surface area contributed by atoms with E-state index in [2.05, 4.69) is 15.9 Å². The van der Waals surface area contributed by atoms with Gasteiger partial charge in [0.2, 0.25) is 6.10 Å². The Kier molecular flexibility index (Phi) is 6.22. The standard InChI is InChI=1S/C20H20BrNO3/c1-20(2,3)18(21)19(23)25-17(13-22)14-8-7-11-16(12-14)24-15-9-5-4-6-10-15/h4-12,17-18H,1-3H3. The molecule has 0 spiro atoms. The van der Waals surface area contributed by atoms with Crippen LogP contribution in [0.3, 0.4) is 0 Å². The minimum atomic E-state index is -0.991. The van der Waals surface area contributed by atoms with Crippen molar-refractivity contribution in [3.05, 3.63) is 60.2 Å².